The predicted octanol–water partition coefficient (Wildman–Crippen LogP) is 3.59. The Kier molecular flexibility index (Phi) is 3.43. The number of nitrogens with zero attached hydrogens (tertiary/aromatic N) is 1. The van der Waals surface area contributed by atoms with E-state index in [2.05, 4.69) is 37.0 Å². The Hall–Kier alpha value is -1.83. The summed E-state index contributed by atoms with van der Waals surface area (Å²) in [4.78, 5) is 4.16. The number of para-hydroxylation sites is 1. The van der Waals surface area contributed by atoms with Crippen molar-refractivity contribution in [2.75, 3.05) is 0 Å². The van der Waals surface area contributed by atoms with Gasteiger partial charge < -0.3 is 4.74 Å². The second-order valence-electron chi connectivity index (χ2n) is 4.38. The van der Waals surface area contributed by atoms with E-state index in [1.54, 1.807) is 0 Å². The van der Waals surface area contributed by atoms with Gasteiger partial charge in [0.25, 0.3) is 0 Å². The molecule has 17 heavy (non-hydrogen) atoms. The van der Waals surface area contributed by atoms with Crippen LogP contribution in [0.4, 0.5) is 0 Å². The average molecular weight is 227 g/mol. The SMILES string of the molecule is Cc1cncc(COc2c(C)cccc2C)c1. The molecule has 0 aliphatic carbocycles. The van der Waals surface area contributed by atoms with Crippen molar-refractivity contribution < 1.29 is 4.74 Å². The molecule has 0 aliphatic heterocycles. The number of ether oxygens (including phenoxy) is 1. The number of rotatable bonds is 3. The van der Waals surface area contributed by atoms with E-state index in [1.807, 2.05) is 25.4 Å². The van der Waals surface area contributed by atoms with Gasteiger partial charge in [-0.15, -0.1) is 0 Å². The molecule has 0 atom stereocenters. The lowest BCUT2D eigenvalue weighted by atomic mass is 10.1. The standard InChI is InChI=1S/C15H17NO/c1-11-7-14(9-16-8-11)10-17-15-12(2)5-4-6-13(15)3/h4-9H,10H2,1-3H3. The minimum absolute atomic E-state index is 0.570. The highest BCUT2D eigenvalue weighted by Crippen LogP contribution is 2.23. The molecular formula is C15H17NO. The van der Waals surface area contributed by atoms with E-state index in [4.69, 9.17) is 4.74 Å². The maximum Gasteiger partial charge on any atom is 0.125 e. The number of hydrogen-bond donors (Lipinski definition) is 0. The summed E-state index contributed by atoms with van der Waals surface area (Å²) in [5.41, 5.74) is 4.61. The van der Waals surface area contributed by atoms with Crippen molar-refractivity contribution in [2.45, 2.75) is 27.4 Å². The van der Waals surface area contributed by atoms with Gasteiger partial charge in [0.2, 0.25) is 0 Å². The Morgan fingerprint density at radius 2 is 1.76 bits per heavy atom. The van der Waals surface area contributed by atoms with E-state index in [-0.39, 0.29) is 0 Å². The van der Waals surface area contributed by atoms with Gasteiger partial charge in [-0.25, -0.2) is 0 Å². The Morgan fingerprint density at radius 3 is 2.41 bits per heavy atom. The predicted molar refractivity (Wildman–Crippen MR) is 69.2 cm³/mol. The summed E-state index contributed by atoms with van der Waals surface area (Å²) >= 11 is 0. The fraction of sp³-hybridized carbons (Fsp3) is 0.267. The van der Waals surface area contributed by atoms with Crippen molar-refractivity contribution in [3.05, 3.63) is 58.9 Å². The second-order valence-corrected chi connectivity index (χ2v) is 4.38. The lowest BCUT2D eigenvalue weighted by molar-refractivity contribution is 0.301. The first kappa shape index (κ1) is 11.6. The van der Waals surface area contributed by atoms with Crippen LogP contribution in [0, 0.1) is 20.8 Å². The van der Waals surface area contributed by atoms with E-state index in [0.717, 1.165) is 16.9 Å². The maximum atomic E-state index is 5.87. The molecular weight excluding hydrogens is 210 g/mol. The molecule has 0 saturated carbocycles. The third kappa shape index (κ3) is 2.84. The van der Waals surface area contributed by atoms with Gasteiger partial charge >= 0.3 is 0 Å². The molecule has 88 valence electrons. The minimum Gasteiger partial charge on any atom is -0.488 e. The highest BCUT2D eigenvalue weighted by atomic mass is 16.5. The number of aromatic nitrogens is 1. The van der Waals surface area contributed by atoms with Crippen LogP contribution >= 0.6 is 0 Å². The fourth-order valence-electron chi connectivity index (χ4n) is 1.88. The second kappa shape index (κ2) is 5.00. The zero-order chi connectivity index (χ0) is 12.3. The van der Waals surface area contributed by atoms with Crippen molar-refractivity contribution in [1.29, 1.82) is 0 Å². The van der Waals surface area contributed by atoms with Gasteiger partial charge in [-0.1, -0.05) is 18.2 Å². The van der Waals surface area contributed by atoms with E-state index in [0.29, 0.717) is 6.61 Å². The number of benzene rings is 1. The molecule has 2 aromatic rings. The Balaban J connectivity index is 2.13. The number of pyridine rings is 1. The molecule has 1 heterocycles. The molecule has 0 spiro atoms. The molecule has 0 unspecified atom stereocenters. The Bertz CT molecular complexity index is 500. The Labute approximate surface area is 102 Å². The summed E-state index contributed by atoms with van der Waals surface area (Å²) in [6.45, 7) is 6.74. The normalized spacial score (nSPS) is 10.3. The van der Waals surface area contributed by atoms with Crippen LogP contribution in [0.5, 0.6) is 5.75 Å². The third-order valence-electron chi connectivity index (χ3n) is 2.72. The van der Waals surface area contributed by atoms with Crippen LogP contribution in [0.2, 0.25) is 0 Å². The first-order valence-corrected chi connectivity index (χ1v) is 5.76. The molecule has 0 fully saturated rings. The molecule has 1 aromatic heterocycles. The molecule has 0 bridgehead atoms. The molecule has 0 aliphatic rings. The summed E-state index contributed by atoms with van der Waals surface area (Å²) in [5, 5.41) is 0. The monoisotopic (exact) mass is 227 g/mol. The summed E-state index contributed by atoms with van der Waals surface area (Å²) < 4.78 is 5.87. The fourth-order valence-corrected chi connectivity index (χ4v) is 1.88. The van der Waals surface area contributed by atoms with Crippen LogP contribution in [0.3, 0.4) is 0 Å². The van der Waals surface area contributed by atoms with E-state index < -0.39 is 0 Å². The minimum atomic E-state index is 0.570. The van der Waals surface area contributed by atoms with Crippen LogP contribution in [0.25, 0.3) is 0 Å². The molecule has 1 aromatic carbocycles. The third-order valence-corrected chi connectivity index (χ3v) is 2.72. The van der Waals surface area contributed by atoms with Crippen molar-refractivity contribution in [3.63, 3.8) is 0 Å². The van der Waals surface area contributed by atoms with Gasteiger partial charge in [-0.3, -0.25) is 4.98 Å². The van der Waals surface area contributed by atoms with Crippen LogP contribution in [0.15, 0.2) is 36.7 Å². The smallest absolute Gasteiger partial charge is 0.125 e. The summed E-state index contributed by atoms with van der Waals surface area (Å²) in [7, 11) is 0. The highest BCUT2D eigenvalue weighted by molar-refractivity contribution is 5.39. The zero-order valence-electron chi connectivity index (χ0n) is 10.5. The van der Waals surface area contributed by atoms with Crippen LogP contribution in [-0.4, -0.2) is 4.98 Å². The summed E-state index contributed by atoms with van der Waals surface area (Å²) in [6.07, 6.45) is 3.70. The topological polar surface area (TPSA) is 22.1 Å². The van der Waals surface area contributed by atoms with Crippen LogP contribution < -0.4 is 4.74 Å². The van der Waals surface area contributed by atoms with Gasteiger partial charge in [-0.05, 0) is 43.5 Å². The lowest BCUT2D eigenvalue weighted by Crippen LogP contribution is -1.99. The van der Waals surface area contributed by atoms with E-state index in [9.17, 15) is 0 Å². The molecule has 2 nitrogen and oxygen atoms in total. The van der Waals surface area contributed by atoms with Gasteiger partial charge in [0.15, 0.2) is 0 Å². The van der Waals surface area contributed by atoms with E-state index >= 15 is 0 Å². The van der Waals surface area contributed by atoms with Crippen LogP contribution in [-0.2, 0) is 6.61 Å². The highest BCUT2D eigenvalue weighted by Gasteiger charge is 2.03. The molecule has 0 N–H and O–H groups in total. The van der Waals surface area contributed by atoms with Gasteiger partial charge in [0, 0.05) is 18.0 Å². The van der Waals surface area contributed by atoms with Crippen molar-refractivity contribution in [3.8, 4) is 5.75 Å². The first-order chi connectivity index (χ1) is 8.16. The summed E-state index contributed by atoms with van der Waals surface area (Å²) in [5.74, 6) is 0.981. The maximum absolute atomic E-state index is 5.87. The Morgan fingerprint density at radius 1 is 1.06 bits per heavy atom. The van der Waals surface area contributed by atoms with E-state index in [1.165, 1.54) is 11.1 Å². The van der Waals surface area contributed by atoms with Gasteiger partial charge in [-0.2, -0.15) is 0 Å². The van der Waals surface area contributed by atoms with Crippen molar-refractivity contribution in [1.82, 2.24) is 4.98 Å². The van der Waals surface area contributed by atoms with Crippen molar-refractivity contribution >= 4 is 0 Å². The average Bonchev–Trinajstić information content (AvgIpc) is 2.28. The van der Waals surface area contributed by atoms with Crippen LogP contribution in [0.1, 0.15) is 22.3 Å². The van der Waals surface area contributed by atoms with Gasteiger partial charge in [0.05, 0.1) is 0 Å². The molecule has 0 amide bonds. The number of aryl methyl sites for hydroxylation is 3. The van der Waals surface area contributed by atoms with Gasteiger partial charge in [0.1, 0.15) is 12.4 Å². The molecule has 2 rings (SSSR count). The largest absolute Gasteiger partial charge is 0.488 e. The molecule has 0 radical (unpaired) electrons. The zero-order valence-corrected chi connectivity index (χ0v) is 10.5. The number of hydrogen-bond acceptors (Lipinski definition) is 2. The lowest BCUT2D eigenvalue weighted by Gasteiger charge is -2.11. The summed E-state index contributed by atoms with van der Waals surface area (Å²) in [6, 6.07) is 8.28. The molecule has 2 heteroatoms. The van der Waals surface area contributed by atoms with Crippen molar-refractivity contribution in [2.24, 2.45) is 0 Å². The molecule has 0 saturated heterocycles. The first-order valence-electron chi connectivity index (χ1n) is 5.76. The quantitative estimate of drug-likeness (QED) is 0.799.